The number of amides is 1. The van der Waals surface area contributed by atoms with Gasteiger partial charge in [-0.05, 0) is 22.0 Å². The molecular formula is C12H14BrN3O. The maximum atomic E-state index is 12.1. The summed E-state index contributed by atoms with van der Waals surface area (Å²) in [6, 6.07) is 5.85. The molecule has 4 nitrogen and oxygen atoms in total. The van der Waals surface area contributed by atoms with Gasteiger partial charge in [-0.2, -0.15) is 0 Å². The highest BCUT2D eigenvalue weighted by atomic mass is 79.9. The number of fused-ring (bicyclic) bond motifs is 1. The van der Waals surface area contributed by atoms with Gasteiger partial charge in [0.25, 0.3) is 0 Å². The van der Waals surface area contributed by atoms with Gasteiger partial charge in [0.15, 0.2) is 0 Å². The van der Waals surface area contributed by atoms with Gasteiger partial charge in [-0.15, -0.1) is 0 Å². The van der Waals surface area contributed by atoms with Crippen LogP contribution in [0.2, 0.25) is 0 Å². The minimum atomic E-state index is -0.121. The fraction of sp³-hybridized carbons (Fsp3) is 0.417. The summed E-state index contributed by atoms with van der Waals surface area (Å²) in [6.45, 7) is 3.74. The van der Waals surface area contributed by atoms with E-state index in [9.17, 15) is 4.79 Å². The third-order valence-corrected chi connectivity index (χ3v) is 4.01. The first-order valence-electron chi connectivity index (χ1n) is 5.81. The maximum absolute atomic E-state index is 12.1. The third kappa shape index (κ3) is 1.88. The Morgan fingerprint density at radius 2 is 2.06 bits per heavy atom. The van der Waals surface area contributed by atoms with E-state index >= 15 is 0 Å². The van der Waals surface area contributed by atoms with Crippen molar-refractivity contribution < 1.29 is 4.79 Å². The second-order valence-electron chi connectivity index (χ2n) is 4.38. The first kappa shape index (κ1) is 11.2. The zero-order valence-corrected chi connectivity index (χ0v) is 11.0. The smallest absolute Gasteiger partial charge is 0.246 e. The average molecular weight is 296 g/mol. The molecule has 17 heavy (non-hydrogen) atoms. The molecule has 1 atom stereocenters. The molecule has 0 saturated carbocycles. The number of halogens is 1. The van der Waals surface area contributed by atoms with Crippen LogP contribution in [0.5, 0.6) is 0 Å². The van der Waals surface area contributed by atoms with Gasteiger partial charge in [0.05, 0.1) is 5.69 Å². The number of hydrogen-bond donors (Lipinski definition) is 2. The zero-order chi connectivity index (χ0) is 11.8. The summed E-state index contributed by atoms with van der Waals surface area (Å²) in [5.74, 6) is 0.0915. The standard InChI is InChI=1S/C12H14BrN3O/c13-9-3-1-2-8-10(9)15-12(17)11(8)16-6-4-14-5-7-16/h1-3,11,14H,4-7H2,(H,15,17). The lowest BCUT2D eigenvalue weighted by Crippen LogP contribution is -2.46. The van der Waals surface area contributed by atoms with Gasteiger partial charge in [-0.3, -0.25) is 9.69 Å². The van der Waals surface area contributed by atoms with Gasteiger partial charge in [0.2, 0.25) is 5.91 Å². The number of hydrogen-bond acceptors (Lipinski definition) is 3. The highest BCUT2D eigenvalue weighted by molar-refractivity contribution is 9.10. The summed E-state index contributed by atoms with van der Waals surface area (Å²) in [6.07, 6.45) is 0. The van der Waals surface area contributed by atoms with Crippen molar-refractivity contribution in [2.24, 2.45) is 0 Å². The molecule has 2 aliphatic heterocycles. The number of benzene rings is 1. The van der Waals surface area contributed by atoms with Crippen molar-refractivity contribution in [1.82, 2.24) is 10.2 Å². The van der Waals surface area contributed by atoms with E-state index in [1.54, 1.807) is 0 Å². The van der Waals surface area contributed by atoms with Gasteiger partial charge in [-0.25, -0.2) is 0 Å². The van der Waals surface area contributed by atoms with E-state index in [2.05, 4.69) is 31.5 Å². The van der Waals surface area contributed by atoms with Crippen LogP contribution in [0.25, 0.3) is 0 Å². The quantitative estimate of drug-likeness (QED) is 0.822. The number of carbonyl (C=O) groups is 1. The summed E-state index contributed by atoms with van der Waals surface area (Å²) in [4.78, 5) is 14.3. The SMILES string of the molecule is O=C1Nc2c(Br)cccc2C1N1CCNCC1. The molecule has 0 aliphatic carbocycles. The van der Waals surface area contributed by atoms with Crippen molar-refractivity contribution in [2.75, 3.05) is 31.5 Å². The number of nitrogens with one attached hydrogen (secondary N) is 2. The summed E-state index contributed by atoms with van der Waals surface area (Å²) >= 11 is 3.48. The van der Waals surface area contributed by atoms with Gasteiger partial charge in [-0.1, -0.05) is 12.1 Å². The van der Waals surface area contributed by atoms with Crippen LogP contribution in [0.3, 0.4) is 0 Å². The molecule has 1 fully saturated rings. The Hall–Kier alpha value is -0.910. The van der Waals surface area contributed by atoms with Gasteiger partial charge < -0.3 is 10.6 Å². The fourth-order valence-corrected chi connectivity index (χ4v) is 3.02. The minimum absolute atomic E-state index is 0.0915. The van der Waals surface area contributed by atoms with Crippen molar-refractivity contribution in [3.63, 3.8) is 0 Å². The number of para-hydroxylation sites is 1. The van der Waals surface area contributed by atoms with Crippen LogP contribution in [-0.2, 0) is 4.79 Å². The Morgan fingerprint density at radius 3 is 2.82 bits per heavy atom. The Bertz CT molecular complexity index is 457. The molecule has 0 bridgehead atoms. The largest absolute Gasteiger partial charge is 0.323 e. The lowest BCUT2D eigenvalue weighted by molar-refractivity contribution is -0.121. The number of piperazine rings is 1. The molecular weight excluding hydrogens is 282 g/mol. The first-order chi connectivity index (χ1) is 8.27. The number of carbonyl (C=O) groups excluding carboxylic acids is 1. The lowest BCUT2D eigenvalue weighted by atomic mass is 10.1. The van der Waals surface area contributed by atoms with Crippen LogP contribution in [0.1, 0.15) is 11.6 Å². The minimum Gasteiger partial charge on any atom is -0.323 e. The number of rotatable bonds is 1. The van der Waals surface area contributed by atoms with Gasteiger partial charge >= 0.3 is 0 Å². The Labute approximate surface area is 108 Å². The van der Waals surface area contributed by atoms with Crippen molar-refractivity contribution in [2.45, 2.75) is 6.04 Å². The summed E-state index contributed by atoms with van der Waals surface area (Å²) in [5.41, 5.74) is 2.02. The van der Waals surface area contributed by atoms with E-state index in [0.717, 1.165) is 41.9 Å². The summed E-state index contributed by atoms with van der Waals surface area (Å²) < 4.78 is 0.959. The first-order valence-corrected chi connectivity index (χ1v) is 6.61. The topological polar surface area (TPSA) is 44.4 Å². The van der Waals surface area contributed by atoms with Crippen molar-refractivity contribution in [1.29, 1.82) is 0 Å². The molecule has 3 rings (SSSR count). The monoisotopic (exact) mass is 295 g/mol. The van der Waals surface area contributed by atoms with Crippen molar-refractivity contribution >= 4 is 27.5 Å². The van der Waals surface area contributed by atoms with Crippen LogP contribution >= 0.6 is 15.9 Å². The van der Waals surface area contributed by atoms with Crippen molar-refractivity contribution in [3.8, 4) is 0 Å². The molecule has 0 aromatic heterocycles. The summed E-state index contributed by atoms with van der Waals surface area (Å²) in [7, 11) is 0. The van der Waals surface area contributed by atoms with E-state index in [1.165, 1.54) is 0 Å². The van der Waals surface area contributed by atoms with Crippen LogP contribution in [0.4, 0.5) is 5.69 Å². The lowest BCUT2D eigenvalue weighted by Gasteiger charge is -2.31. The van der Waals surface area contributed by atoms with E-state index in [4.69, 9.17) is 0 Å². The molecule has 1 unspecified atom stereocenters. The molecule has 2 heterocycles. The van der Waals surface area contributed by atoms with Crippen LogP contribution in [0.15, 0.2) is 22.7 Å². The molecule has 1 aromatic rings. The predicted octanol–water partition coefficient (Wildman–Crippen LogP) is 1.35. The molecule has 5 heteroatoms. The van der Waals surface area contributed by atoms with Crippen LogP contribution < -0.4 is 10.6 Å². The molecule has 2 N–H and O–H groups in total. The van der Waals surface area contributed by atoms with Crippen LogP contribution in [0, 0.1) is 0 Å². The zero-order valence-electron chi connectivity index (χ0n) is 9.37. The molecule has 0 radical (unpaired) electrons. The Balaban J connectivity index is 1.96. The highest BCUT2D eigenvalue weighted by Gasteiger charge is 2.36. The normalized spacial score (nSPS) is 24.5. The number of anilines is 1. The van der Waals surface area contributed by atoms with Gasteiger partial charge in [0.1, 0.15) is 6.04 Å². The van der Waals surface area contributed by atoms with Crippen molar-refractivity contribution in [3.05, 3.63) is 28.2 Å². The number of nitrogens with zero attached hydrogens (tertiary/aromatic N) is 1. The van der Waals surface area contributed by atoms with E-state index in [0.29, 0.717) is 0 Å². The summed E-state index contributed by atoms with van der Waals surface area (Å²) in [5, 5.41) is 6.27. The average Bonchev–Trinajstić information content (AvgIpc) is 2.68. The molecule has 1 aromatic carbocycles. The second kappa shape index (κ2) is 4.40. The Morgan fingerprint density at radius 1 is 1.29 bits per heavy atom. The van der Waals surface area contributed by atoms with Crippen LogP contribution in [-0.4, -0.2) is 37.0 Å². The van der Waals surface area contributed by atoms with E-state index < -0.39 is 0 Å². The molecule has 2 aliphatic rings. The Kier molecular flexibility index (Phi) is 2.90. The maximum Gasteiger partial charge on any atom is 0.246 e. The molecule has 1 saturated heterocycles. The molecule has 90 valence electrons. The molecule has 0 spiro atoms. The third-order valence-electron chi connectivity index (χ3n) is 3.35. The van der Waals surface area contributed by atoms with E-state index in [-0.39, 0.29) is 11.9 Å². The second-order valence-corrected chi connectivity index (χ2v) is 5.24. The highest BCUT2D eigenvalue weighted by Crippen LogP contribution is 2.39. The predicted molar refractivity (Wildman–Crippen MR) is 70.0 cm³/mol. The van der Waals surface area contributed by atoms with E-state index in [1.807, 2.05) is 18.2 Å². The van der Waals surface area contributed by atoms with Gasteiger partial charge in [0, 0.05) is 36.2 Å². The fourth-order valence-electron chi connectivity index (χ4n) is 2.54. The molecule has 1 amide bonds.